The van der Waals surface area contributed by atoms with Crippen LogP contribution in [0.25, 0.3) is 0 Å². The van der Waals surface area contributed by atoms with E-state index in [0.29, 0.717) is 6.04 Å². The number of nitrogens with two attached hydrogens (primary N) is 1. The van der Waals surface area contributed by atoms with Gasteiger partial charge in [-0.15, -0.1) is 0 Å². The van der Waals surface area contributed by atoms with Crippen LogP contribution in [0.1, 0.15) is 57.6 Å². The molecule has 1 fully saturated rings. The summed E-state index contributed by atoms with van der Waals surface area (Å²) in [6.07, 6.45) is 6.81. The Morgan fingerprint density at radius 2 is 1.74 bits per heavy atom. The molecule has 0 aliphatic heterocycles. The topological polar surface area (TPSA) is 29.3 Å². The van der Waals surface area contributed by atoms with E-state index in [-0.39, 0.29) is 6.04 Å². The second kappa shape index (κ2) is 6.42. The van der Waals surface area contributed by atoms with E-state index in [1.807, 2.05) is 6.92 Å². The molecule has 1 saturated carbocycles. The lowest BCUT2D eigenvalue weighted by Gasteiger charge is -2.36. The van der Waals surface area contributed by atoms with Gasteiger partial charge in [0, 0.05) is 24.8 Å². The molecule has 0 spiro atoms. The maximum Gasteiger partial charge on any atom is 0.0366 e. The minimum Gasteiger partial charge on any atom is -0.372 e. The van der Waals surface area contributed by atoms with E-state index < -0.39 is 0 Å². The van der Waals surface area contributed by atoms with E-state index >= 15 is 0 Å². The van der Waals surface area contributed by atoms with Crippen LogP contribution in [0.5, 0.6) is 0 Å². The first-order valence-electron chi connectivity index (χ1n) is 7.70. The Bertz CT molecular complexity index is 375. The molecule has 1 atom stereocenters. The molecule has 0 heterocycles. The predicted octanol–water partition coefficient (Wildman–Crippen LogP) is 4.11. The summed E-state index contributed by atoms with van der Waals surface area (Å²) in [4.78, 5) is 2.46. The summed E-state index contributed by atoms with van der Waals surface area (Å²) in [5.41, 5.74) is 8.44. The molecule has 1 aromatic rings. The van der Waals surface area contributed by atoms with Crippen molar-refractivity contribution in [2.75, 3.05) is 11.9 Å². The lowest BCUT2D eigenvalue weighted by molar-refractivity contribution is 0.313. The molecule has 106 valence electrons. The number of benzene rings is 1. The zero-order chi connectivity index (χ0) is 13.8. The van der Waals surface area contributed by atoms with E-state index in [0.717, 1.165) is 5.92 Å². The van der Waals surface area contributed by atoms with Crippen LogP contribution in [-0.4, -0.2) is 13.1 Å². The van der Waals surface area contributed by atoms with E-state index in [2.05, 4.69) is 43.1 Å². The van der Waals surface area contributed by atoms with Gasteiger partial charge in [0.2, 0.25) is 0 Å². The van der Waals surface area contributed by atoms with Crippen LogP contribution in [0, 0.1) is 5.92 Å². The first-order chi connectivity index (χ1) is 9.11. The van der Waals surface area contributed by atoms with Crippen LogP contribution < -0.4 is 10.6 Å². The lowest BCUT2D eigenvalue weighted by Crippen LogP contribution is -2.35. The molecule has 0 amide bonds. The van der Waals surface area contributed by atoms with Crippen molar-refractivity contribution in [3.63, 3.8) is 0 Å². The molecular formula is C17H28N2. The Kier molecular flexibility index (Phi) is 4.87. The van der Waals surface area contributed by atoms with E-state index in [1.54, 1.807) is 0 Å². The summed E-state index contributed by atoms with van der Waals surface area (Å²) in [6.45, 7) is 4.35. The third-order valence-corrected chi connectivity index (χ3v) is 4.77. The van der Waals surface area contributed by atoms with Gasteiger partial charge in [0.1, 0.15) is 0 Å². The first-order valence-corrected chi connectivity index (χ1v) is 7.70. The zero-order valence-electron chi connectivity index (χ0n) is 12.6. The Balaban J connectivity index is 1.97. The normalized spacial score (nSPS) is 25.1. The summed E-state index contributed by atoms with van der Waals surface area (Å²) in [7, 11) is 2.23. The van der Waals surface area contributed by atoms with Crippen molar-refractivity contribution in [1.82, 2.24) is 0 Å². The number of rotatable bonds is 4. The number of nitrogens with zero attached hydrogens (tertiary/aromatic N) is 1. The average Bonchev–Trinajstić information content (AvgIpc) is 2.46. The molecule has 2 heteroatoms. The summed E-state index contributed by atoms with van der Waals surface area (Å²) in [5.74, 6) is 0.963. The highest BCUT2D eigenvalue weighted by Crippen LogP contribution is 2.31. The van der Waals surface area contributed by atoms with Gasteiger partial charge < -0.3 is 10.6 Å². The average molecular weight is 260 g/mol. The molecule has 19 heavy (non-hydrogen) atoms. The lowest BCUT2D eigenvalue weighted by atomic mass is 9.84. The summed E-state index contributed by atoms with van der Waals surface area (Å²) < 4.78 is 0. The molecule has 2 N–H and O–H groups in total. The highest BCUT2D eigenvalue weighted by atomic mass is 15.1. The van der Waals surface area contributed by atoms with E-state index in [9.17, 15) is 0 Å². The Hall–Kier alpha value is -1.02. The van der Waals surface area contributed by atoms with Crippen LogP contribution in [0.15, 0.2) is 24.3 Å². The quantitative estimate of drug-likeness (QED) is 0.882. The Morgan fingerprint density at radius 1 is 1.16 bits per heavy atom. The number of hydrogen-bond acceptors (Lipinski definition) is 2. The van der Waals surface area contributed by atoms with Crippen LogP contribution in [0.3, 0.4) is 0 Å². The fourth-order valence-electron chi connectivity index (χ4n) is 3.16. The molecule has 0 unspecified atom stereocenters. The summed E-state index contributed by atoms with van der Waals surface area (Å²) in [6, 6.07) is 9.58. The fourth-order valence-corrected chi connectivity index (χ4v) is 3.16. The van der Waals surface area contributed by atoms with Crippen LogP contribution >= 0.6 is 0 Å². The molecule has 0 aromatic heterocycles. The van der Waals surface area contributed by atoms with Gasteiger partial charge in [0.05, 0.1) is 0 Å². The molecule has 0 radical (unpaired) electrons. The molecule has 2 rings (SSSR count). The van der Waals surface area contributed by atoms with Gasteiger partial charge in [-0.1, -0.05) is 25.5 Å². The second-order valence-corrected chi connectivity index (χ2v) is 6.07. The third kappa shape index (κ3) is 3.50. The molecule has 0 bridgehead atoms. The highest BCUT2D eigenvalue weighted by molar-refractivity contribution is 5.48. The third-order valence-electron chi connectivity index (χ3n) is 4.77. The van der Waals surface area contributed by atoms with Gasteiger partial charge in [-0.05, 0) is 56.2 Å². The smallest absolute Gasteiger partial charge is 0.0366 e. The number of anilines is 1. The van der Waals surface area contributed by atoms with Crippen LogP contribution in [-0.2, 0) is 0 Å². The van der Waals surface area contributed by atoms with Crippen LogP contribution in [0.2, 0.25) is 0 Å². The largest absolute Gasteiger partial charge is 0.372 e. The van der Waals surface area contributed by atoms with Crippen molar-refractivity contribution in [1.29, 1.82) is 0 Å². The zero-order valence-corrected chi connectivity index (χ0v) is 12.6. The molecule has 1 aromatic carbocycles. The maximum atomic E-state index is 5.90. The van der Waals surface area contributed by atoms with E-state index in [4.69, 9.17) is 5.73 Å². The summed E-state index contributed by atoms with van der Waals surface area (Å²) in [5, 5.41) is 0. The second-order valence-electron chi connectivity index (χ2n) is 6.07. The Morgan fingerprint density at radius 3 is 2.21 bits per heavy atom. The van der Waals surface area contributed by atoms with Crippen molar-refractivity contribution < 1.29 is 0 Å². The van der Waals surface area contributed by atoms with Crippen LogP contribution in [0.4, 0.5) is 5.69 Å². The van der Waals surface area contributed by atoms with E-state index in [1.165, 1.54) is 43.4 Å². The summed E-state index contributed by atoms with van der Waals surface area (Å²) >= 11 is 0. The van der Waals surface area contributed by atoms with Crippen molar-refractivity contribution >= 4 is 5.69 Å². The molecule has 1 aliphatic carbocycles. The standard InChI is InChI=1S/C17H28N2/c1-4-14-5-9-16(10-6-14)19(3)17-11-7-15(8-12-17)13(2)18/h7-8,11-14,16H,4-6,9-10,18H2,1-3H3/t13-,14?,16?/m1/s1. The van der Waals surface area contributed by atoms with Gasteiger partial charge in [-0.25, -0.2) is 0 Å². The van der Waals surface area contributed by atoms with Gasteiger partial charge in [0.25, 0.3) is 0 Å². The Labute approximate surface area is 118 Å². The highest BCUT2D eigenvalue weighted by Gasteiger charge is 2.23. The molecule has 1 aliphatic rings. The van der Waals surface area contributed by atoms with Gasteiger partial charge in [-0.3, -0.25) is 0 Å². The number of hydrogen-bond donors (Lipinski definition) is 1. The SMILES string of the molecule is CCC1CCC(N(C)c2ccc([C@@H](C)N)cc2)CC1. The predicted molar refractivity (Wildman–Crippen MR) is 83.5 cm³/mol. The monoisotopic (exact) mass is 260 g/mol. The fraction of sp³-hybridized carbons (Fsp3) is 0.647. The van der Waals surface area contributed by atoms with Crippen molar-refractivity contribution in [2.45, 2.75) is 58.0 Å². The first kappa shape index (κ1) is 14.4. The molecule has 0 saturated heterocycles. The van der Waals surface area contributed by atoms with Gasteiger partial charge in [-0.2, -0.15) is 0 Å². The van der Waals surface area contributed by atoms with Crippen molar-refractivity contribution in [3.05, 3.63) is 29.8 Å². The molecular weight excluding hydrogens is 232 g/mol. The molecule has 2 nitrogen and oxygen atoms in total. The van der Waals surface area contributed by atoms with Gasteiger partial charge in [0.15, 0.2) is 0 Å². The minimum absolute atomic E-state index is 0.124. The maximum absolute atomic E-state index is 5.90. The minimum atomic E-state index is 0.124. The van der Waals surface area contributed by atoms with Crippen molar-refractivity contribution in [3.8, 4) is 0 Å². The van der Waals surface area contributed by atoms with Crippen molar-refractivity contribution in [2.24, 2.45) is 11.7 Å². The van der Waals surface area contributed by atoms with Gasteiger partial charge >= 0.3 is 0 Å².